The van der Waals surface area contributed by atoms with Crippen LogP contribution in [-0.2, 0) is 9.84 Å². The van der Waals surface area contributed by atoms with Gasteiger partial charge in [0.15, 0.2) is 5.69 Å². The molecule has 3 heterocycles. The highest BCUT2D eigenvalue weighted by molar-refractivity contribution is 7.90. The second-order valence-corrected chi connectivity index (χ2v) is 7.65. The Balaban J connectivity index is 1.88. The molecule has 0 unspecified atom stereocenters. The summed E-state index contributed by atoms with van der Waals surface area (Å²) in [5.74, 6) is 0.267. The molecule has 3 aromatic rings. The smallest absolute Gasteiger partial charge is 0.279 e. The van der Waals surface area contributed by atoms with Crippen molar-refractivity contribution in [1.29, 1.82) is 0 Å². The molecular formula is C17H15N3O4S. The molecule has 1 aliphatic rings. The molecule has 2 aromatic heterocycles. The van der Waals surface area contributed by atoms with Gasteiger partial charge in [0.25, 0.3) is 5.91 Å². The lowest BCUT2D eigenvalue weighted by atomic mass is 10.2. The van der Waals surface area contributed by atoms with Gasteiger partial charge in [0, 0.05) is 12.5 Å². The largest absolute Gasteiger partial charge is 0.490 e. The Morgan fingerprint density at radius 2 is 1.92 bits per heavy atom. The minimum Gasteiger partial charge on any atom is -0.490 e. The molecule has 7 nitrogen and oxygen atoms in total. The van der Waals surface area contributed by atoms with E-state index in [1.165, 1.54) is 4.40 Å². The summed E-state index contributed by atoms with van der Waals surface area (Å²) in [6.07, 6.45) is 2.66. The van der Waals surface area contributed by atoms with Crippen molar-refractivity contribution in [3.63, 3.8) is 0 Å². The minimum atomic E-state index is -3.58. The molecule has 0 N–H and O–H groups in total. The fraction of sp³-hybridized carbons (Fsp3) is 0.176. The van der Waals surface area contributed by atoms with E-state index < -0.39 is 9.84 Å². The number of rotatable bonds is 2. The number of para-hydroxylation sites is 2. The van der Waals surface area contributed by atoms with Crippen molar-refractivity contribution in [3.8, 4) is 5.75 Å². The molecule has 8 heteroatoms. The summed E-state index contributed by atoms with van der Waals surface area (Å²) >= 11 is 0. The van der Waals surface area contributed by atoms with Gasteiger partial charge in [-0.2, -0.15) is 0 Å². The van der Waals surface area contributed by atoms with Crippen molar-refractivity contribution in [1.82, 2.24) is 9.38 Å². The molecule has 0 fully saturated rings. The first kappa shape index (κ1) is 15.6. The zero-order valence-corrected chi connectivity index (χ0v) is 14.2. The maximum Gasteiger partial charge on any atom is 0.279 e. The molecule has 0 radical (unpaired) electrons. The third kappa shape index (κ3) is 2.54. The lowest BCUT2D eigenvalue weighted by molar-refractivity contribution is 0.0973. The van der Waals surface area contributed by atoms with E-state index in [9.17, 15) is 13.2 Å². The van der Waals surface area contributed by atoms with E-state index in [-0.39, 0.29) is 16.8 Å². The second kappa shape index (κ2) is 5.59. The van der Waals surface area contributed by atoms with Crippen LogP contribution in [0.25, 0.3) is 5.52 Å². The van der Waals surface area contributed by atoms with Crippen LogP contribution in [0.5, 0.6) is 5.75 Å². The van der Waals surface area contributed by atoms with E-state index in [0.717, 1.165) is 6.26 Å². The highest BCUT2D eigenvalue weighted by atomic mass is 32.2. The van der Waals surface area contributed by atoms with Crippen molar-refractivity contribution in [2.24, 2.45) is 0 Å². The van der Waals surface area contributed by atoms with Gasteiger partial charge in [-0.1, -0.05) is 18.2 Å². The maximum atomic E-state index is 13.1. The number of fused-ring (bicyclic) bond motifs is 2. The summed E-state index contributed by atoms with van der Waals surface area (Å²) in [4.78, 5) is 18.8. The van der Waals surface area contributed by atoms with Gasteiger partial charge < -0.3 is 9.64 Å². The van der Waals surface area contributed by atoms with Gasteiger partial charge in [0.1, 0.15) is 12.4 Å². The summed E-state index contributed by atoms with van der Waals surface area (Å²) in [7, 11) is -3.58. The lowest BCUT2D eigenvalue weighted by Gasteiger charge is -2.28. The Morgan fingerprint density at radius 1 is 1.16 bits per heavy atom. The predicted molar refractivity (Wildman–Crippen MR) is 91.9 cm³/mol. The fourth-order valence-electron chi connectivity index (χ4n) is 2.94. The molecule has 1 aliphatic heterocycles. The van der Waals surface area contributed by atoms with E-state index in [1.54, 1.807) is 41.4 Å². The predicted octanol–water partition coefficient (Wildman–Crippen LogP) is 1.78. The number of carbonyl (C=O) groups is 1. The molecular weight excluding hydrogens is 342 g/mol. The summed E-state index contributed by atoms with van der Waals surface area (Å²) in [6, 6.07) is 12.4. The number of benzene rings is 1. The number of carbonyl (C=O) groups excluding carboxylic acids is 1. The van der Waals surface area contributed by atoms with Crippen LogP contribution in [-0.4, -0.2) is 43.1 Å². The molecule has 0 atom stereocenters. The van der Waals surface area contributed by atoms with Crippen LogP contribution in [0.4, 0.5) is 5.69 Å². The third-order valence-electron chi connectivity index (χ3n) is 4.02. The van der Waals surface area contributed by atoms with Crippen LogP contribution in [0, 0.1) is 0 Å². The minimum absolute atomic E-state index is 0.109. The zero-order valence-electron chi connectivity index (χ0n) is 13.4. The van der Waals surface area contributed by atoms with Crippen LogP contribution in [0.15, 0.2) is 53.8 Å². The number of pyridine rings is 1. The van der Waals surface area contributed by atoms with Crippen LogP contribution < -0.4 is 9.64 Å². The van der Waals surface area contributed by atoms with Gasteiger partial charge in [-0.05, 0) is 24.3 Å². The third-order valence-corrected chi connectivity index (χ3v) is 4.98. The van der Waals surface area contributed by atoms with E-state index in [1.807, 2.05) is 12.1 Å². The van der Waals surface area contributed by atoms with E-state index in [4.69, 9.17) is 4.74 Å². The number of amides is 1. The monoisotopic (exact) mass is 357 g/mol. The standard InChI is InChI=1S/C17H15N3O4S/c1-25(22,23)17-18-15(13-7-4-5-9-20(13)17)16(21)19-10-11-24-14-8-3-2-6-12(14)19/h2-9H,10-11H2,1H3. The van der Waals surface area contributed by atoms with Gasteiger partial charge in [0.05, 0.1) is 17.7 Å². The molecule has 0 spiro atoms. The number of imidazole rings is 1. The number of ether oxygens (including phenoxy) is 1. The average molecular weight is 357 g/mol. The van der Waals surface area contributed by atoms with Crippen LogP contribution >= 0.6 is 0 Å². The van der Waals surface area contributed by atoms with Crippen LogP contribution in [0.2, 0.25) is 0 Å². The average Bonchev–Trinajstić information content (AvgIpc) is 3.01. The van der Waals surface area contributed by atoms with Gasteiger partial charge in [-0.3, -0.25) is 9.20 Å². The lowest BCUT2D eigenvalue weighted by Crippen LogP contribution is -2.38. The molecule has 0 saturated heterocycles. The number of hydrogen-bond acceptors (Lipinski definition) is 5. The molecule has 0 bridgehead atoms. The van der Waals surface area contributed by atoms with Gasteiger partial charge in [-0.25, -0.2) is 13.4 Å². The van der Waals surface area contributed by atoms with Crippen molar-refractivity contribution in [2.45, 2.75) is 5.16 Å². The Labute approximate surface area is 144 Å². The number of hydrogen-bond donors (Lipinski definition) is 0. The summed E-state index contributed by atoms with van der Waals surface area (Å²) in [5.41, 5.74) is 1.21. The van der Waals surface area contributed by atoms with E-state index >= 15 is 0 Å². The SMILES string of the molecule is CS(=O)(=O)c1nc(C(=O)N2CCOc3ccccc32)c2ccccn12. The van der Waals surface area contributed by atoms with Crippen molar-refractivity contribution < 1.29 is 17.9 Å². The normalized spacial score (nSPS) is 14.2. The molecule has 1 amide bonds. The molecule has 1 aromatic carbocycles. The molecule has 25 heavy (non-hydrogen) atoms. The summed E-state index contributed by atoms with van der Waals surface area (Å²) in [6.45, 7) is 0.739. The van der Waals surface area contributed by atoms with Crippen LogP contribution in [0.3, 0.4) is 0 Å². The Kier molecular flexibility index (Phi) is 3.50. The zero-order chi connectivity index (χ0) is 17.6. The topological polar surface area (TPSA) is 81.0 Å². The molecule has 128 valence electrons. The summed E-state index contributed by atoms with van der Waals surface area (Å²) in [5, 5.41) is -0.145. The maximum absolute atomic E-state index is 13.1. The number of sulfone groups is 1. The van der Waals surface area contributed by atoms with Gasteiger partial charge >= 0.3 is 0 Å². The Morgan fingerprint density at radius 3 is 2.72 bits per heavy atom. The number of aromatic nitrogens is 2. The van der Waals surface area contributed by atoms with Crippen molar-refractivity contribution in [2.75, 3.05) is 24.3 Å². The van der Waals surface area contributed by atoms with Gasteiger partial charge in [0.2, 0.25) is 15.0 Å². The highest BCUT2D eigenvalue weighted by Gasteiger charge is 2.29. The molecule has 0 saturated carbocycles. The first-order valence-electron chi connectivity index (χ1n) is 7.67. The second-order valence-electron chi connectivity index (χ2n) is 5.74. The van der Waals surface area contributed by atoms with E-state index in [2.05, 4.69) is 4.98 Å². The highest BCUT2D eigenvalue weighted by Crippen LogP contribution is 2.32. The van der Waals surface area contributed by atoms with E-state index in [0.29, 0.717) is 30.1 Å². The molecule has 4 rings (SSSR count). The van der Waals surface area contributed by atoms with Crippen molar-refractivity contribution in [3.05, 3.63) is 54.4 Å². The van der Waals surface area contributed by atoms with Gasteiger partial charge in [-0.15, -0.1) is 0 Å². The number of anilines is 1. The Bertz CT molecular complexity index is 1090. The molecule has 0 aliphatic carbocycles. The number of nitrogens with zero attached hydrogens (tertiary/aromatic N) is 3. The van der Waals surface area contributed by atoms with Crippen LogP contribution in [0.1, 0.15) is 10.5 Å². The summed E-state index contributed by atoms with van der Waals surface area (Å²) < 4.78 is 31.1. The van der Waals surface area contributed by atoms with Crippen molar-refractivity contribution >= 4 is 26.9 Å². The quantitative estimate of drug-likeness (QED) is 0.698. The first-order valence-corrected chi connectivity index (χ1v) is 9.57. The Hall–Kier alpha value is -2.87. The first-order chi connectivity index (χ1) is 12.0. The fourth-order valence-corrected chi connectivity index (χ4v) is 3.71.